The molecule has 29 heavy (non-hydrogen) atoms. The van der Waals surface area contributed by atoms with Gasteiger partial charge in [-0.3, -0.25) is 0 Å². The highest BCUT2D eigenvalue weighted by molar-refractivity contribution is 7.93. The van der Waals surface area contributed by atoms with Crippen molar-refractivity contribution in [2.75, 3.05) is 6.26 Å². The highest BCUT2D eigenvalue weighted by Crippen LogP contribution is 2.23. The summed E-state index contributed by atoms with van der Waals surface area (Å²) in [6, 6.07) is 14.7. The molecule has 0 aliphatic rings. The van der Waals surface area contributed by atoms with Gasteiger partial charge in [-0.25, -0.2) is 9.00 Å². The Hall–Kier alpha value is -3.36. The monoisotopic (exact) mass is 405 g/mol. The lowest BCUT2D eigenvalue weighted by molar-refractivity contribution is -0.132. The van der Waals surface area contributed by atoms with Gasteiger partial charge in [0.25, 0.3) is 0 Å². The average Bonchev–Trinajstić information content (AvgIpc) is 2.68. The Morgan fingerprint density at radius 3 is 2.55 bits per heavy atom. The van der Waals surface area contributed by atoms with Gasteiger partial charge in [0.15, 0.2) is 0 Å². The van der Waals surface area contributed by atoms with Crippen LogP contribution in [-0.2, 0) is 14.5 Å². The normalized spacial score (nSPS) is 13.6. The molecule has 1 unspecified atom stereocenters. The maximum absolute atomic E-state index is 13.2. The molecule has 0 fully saturated rings. The molecule has 0 bridgehead atoms. The van der Waals surface area contributed by atoms with Crippen LogP contribution in [0.3, 0.4) is 0 Å². The van der Waals surface area contributed by atoms with Crippen LogP contribution in [-0.4, -0.2) is 21.5 Å². The van der Waals surface area contributed by atoms with Crippen LogP contribution < -0.4 is 0 Å². The van der Waals surface area contributed by atoms with Crippen LogP contribution in [0.1, 0.15) is 18.1 Å². The molecule has 1 N–H and O–H groups in total. The molecule has 2 aromatic carbocycles. The maximum atomic E-state index is 13.2. The van der Waals surface area contributed by atoms with Crippen molar-refractivity contribution in [2.24, 2.45) is 4.36 Å². The number of nitrogens with zero attached hydrogens (tertiary/aromatic N) is 1. The fraction of sp³-hybridized carbons (Fsp3) is 0.125. The van der Waals surface area contributed by atoms with Crippen molar-refractivity contribution in [3.05, 3.63) is 95.6 Å². The third-order valence-electron chi connectivity index (χ3n) is 4.02. The van der Waals surface area contributed by atoms with Crippen LogP contribution in [0.4, 0.5) is 5.69 Å². The van der Waals surface area contributed by atoms with Crippen LogP contribution in [0.2, 0.25) is 0 Å². The number of rotatable bonds is 5. The molecule has 0 heterocycles. The lowest BCUT2D eigenvalue weighted by atomic mass is 10.1. The summed E-state index contributed by atoms with van der Waals surface area (Å²) in [6.45, 7) is 7.16. The molecule has 0 aromatic heterocycles. The Bertz CT molecular complexity index is 1180. The second-order valence-electron chi connectivity index (χ2n) is 6.46. The molecule has 0 spiro atoms. The van der Waals surface area contributed by atoms with E-state index in [0.717, 1.165) is 5.56 Å². The van der Waals surface area contributed by atoms with Crippen molar-refractivity contribution in [3.63, 3.8) is 0 Å². The molecule has 0 radical (unpaired) electrons. The summed E-state index contributed by atoms with van der Waals surface area (Å²) in [7, 11) is -2.64. The minimum absolute atomic E-state index is 0.199. The SMILES string of the molecule is C=C/C(C#Cc1ccccc1N=S(C)(=O)c1cccc(C)c1)=C\C=C(/C)C(=O)O. The highest BCUT2D eigenvalue weighted by atomic mass is 32.2. The first-order valence-corrected chi connectivity index (χ1v) is 10.8. The smallest absolute Gasteiger partial charge is 0.331 e. The van der Waals surface area contributed by atoms with Crippen LogP contribution >= 0.6 is 0 Å². The number of carbonyl (C=O) groups is 1. The zero-order valence-corrected chi connectivity index (χ0v) is 17.5. The van der Waals surface area contributed by atoms with Crippen molar-refractivity contribution in [3.8, 4) is 11.8 Å². The van der Waals surface area contributed by atoms with Gasteiger partial charge in [-0.05, 0) is 49.8 Å². The van der Waals surface area contributed by atoms with Gasteiger partial charge >= 0.3 is 5.97 Å². The number of carboxylic acids is 1. The number of benzene rings is 2. The van der Waals surface area contributed by atoms with E-state index in [1.165, 1.54) is 13.0 Å². The number of aryl methyl sites for hydroxylation is 1. The Morgan fingerprint density at radius 2 is 1.90 bits per heavy atom. The predicted molar refractivity (Wildman–Crippen MR) is 119 cm³/mol. The molecule has 1 atom stereocenters. The molecule has 0 aliphatic carbocycles. The summed E-state index contributed by atoms with van der Waals surface area (Å²) in [4.78, 5) is 11.6. The Balaban J connectivity index is 2.47. The molecule has 4 nitrogen and oxygen atoms in total. The lowest BCUT2D eigenvalue weighted by Gasteiger charge is -2.06. The van der Waals surface area contributed by atoms with Crippen LogP contribution in [0.25, 0.3) is 0 Å². The number of allylic oxidation sites excluding steroid dienone is 4. The van der Waals surface area contributed by atoms with E-state index in [9.17, 15) is 9.00 Å². The third kappa shape index (κ3) is 6.34. The Morgan fingerprint density at radius 1 is 1.17 bits per heavy atom. The molecule has 0 aliphatic heterocycles. The van der Waals surface area contributed by atoms with Crippen LogP contribution in [0, 0.1) is 18.8 Å². The maximum Gasteiger partial charge on any atom is 0.331 e. The van der Waals surface area contributed by atoms with Gasteiger partial charge in [-0.15, -0.1) is 0 Å². The second-order valence-corrected chi connectivity index (χ2v) is 8.72. The summed E-state index contributed by atoms with van der Waals surface area (Å²) in [5.74, 6) is 4.98. The van der Waals surface area contributed by atoms with E-state index in [1.807, 2.05) is 43.3 Å². The van der Waals surface area contributed by atoms with E-state index in [-0.39, 0.29) is 5.57 Å². The summed E-state index contributed by atoms with van der Waals surface area (Å²) in [5, 5.41) is 8.93. The lowest BCUT2D eigenvalue weighted by Crippen LogP contribution is -1.97. The van der Waals surface area contributed by atoms with Crippen molar-refractivity contribution in [1.82, 2.24) is 0 Å². The summed E-state index contributed by atoms with van der Waals surface area (Å²) in [6.07, 6.45) is 6.23. The van der Waals surface area contributed by atoms with Crippen LogP contribution in [0.5, 0.6) is 0 Å². The van der Waals surface area contributed by atoms with Crippen molar-refractivity contribution in [2.45, 2.75) is 18.7 Å². The first-order valence-electron chi connectivity index (χ1n) is 8.87. The van der Waals surface area contributed by atoms with Crippen molar-refractivity contribution >= 4 is 21.4 Å². The Kier molecular flexibility index (Phi) is 7.35. The molecular formula is C24H23NO3S. The molecule has 2 rings (SSSR count). The first kappa shape index (κ1) is 21.9. The van der Waals surface area contributed by atoms with Gasteiger partial charge in [-0.1, -0.05) is 54.8 Å². The van der Waals surface area contributed by atoms with Gasteiger partial charge in [0, 0.05) is 22.3 Å². The van der Waals surface area contributed by atoms with Gasteiger partial charge in [0.1, 0.15) is 0 Å². The molecule has 2 aromatic rings. The van der Waals surface area contributed by atoms with Gasteiger partial charge < -0.3 is 5.11 Å². The number of aliphatic carboxylic acids is 1. The standard InChI is InChI=1S/C24H23NO3S/c1-5-20(14-13-19(3)24(26)27)15-16-21-10-6-7-12-23(21)25-29(4,28)22-11-8-9-18(2)17-22/h5-14,17H,1H2,2-4H3,(H,26,27)/b19-13+,20-14+. The minimum Gasteiger partial charge on any atom is -0.478 e. The number of carboxylic acid groups (broad SMARTS) is 1. The van der Waals surface area contributed by atoms with E-state index in [4.69, 9.17) is 5.11 Å². The van der Waals surface area contributed by atoms with E-state index in [1.54, 1.807) is 30.5 Å². The summed E-state index contributed by atoms with van der Waals surface area (Å²) in [5.41, 5.74) is 2.95. The third-order valence-corrected chi connectivity index (χ3v) is 5.69. The minimum atomic E-state index is -2.64. The van der Waals surface area contributed by atoms with Crippen LogP contribution in [0.15, 0.2) is 93.7 Å². The summed E-state index contributed by atoms with van der Waals surface area (Å²) >= 11 is 0. The molecular weight excluding hydrogens is 382 g/mol. The van der Waals surface area contributed by atoms with Gasteiger partial charge in [0.2, 0.25) is 0 Å². The zero-order valence-electron chi connectivity index (χ0n) is 16.7. The molecule has 0 saturated carbocycles. The van der Waals surface area contributed by atoms with E-state index < -0.39 is 15.7 Å². The largest absolute Gasteiger partial charge is 0.478 e. The van der Waals surface area contributed by atoms with Crippen molar-refractivity contribution in [1.29, 1.82) is 0 Å². The first-order chi connectivity index (χ1) is 13.7. The second kappa shape index (κ2) is 9.72. The van der Waals surface area contributed by atoms with Gasteiger partial charge in [0.05, 0.1) is 21.0 Å². The fourth-order valence-electron chi connectivity index (χ4n) is 2.34. The van der Waals surface area contributed by atoms with E-state index >= 15 is 0 Å². The van der Waals surface area contributed by atoms with Crippen molar-refractivity contribution < 1.29 is 14.1 Å². The topological polar surface area (TPSA) is 66.7 Å². The molecule has 5 heteroatoms. The average molecular weight is 406 g/mol. The van der Waals surface area contributed by atoms with Gasteiger partial charge in [-0.2, -0.15) is 4.36 Å². The highest BCUT2D eigenvalue weighted by Gasteiger charge is 2.08. The summed E-state index contributed by atoms with van der Waals surface area (Å²) < 4.78 is 17.7. The number of hydrogen-bond acceptors (Lipinski definition) is 3. The molecule has 0 amide bonds. The predicted octanol–water partition coefficient (Wildman–Crippen LogP) is 5.28. The van der Waals surface area contributed by atoms with E-state index in [2.05, 4.69) is 22.8 Å². The quantitative estimate of drug-likeness (QED) is 0.418. The zero-order chi connectivity index (χ0) is 21.4. The molecule has 148 valence electrons. The fourth-order valence-corrected chi connectivity index (χ4v) is 3.71. The number of hydrogen-bond donors (Lipinski definition) is 1. The molecule has 0 saturated heterocycles. The van der Waals surface area contributed by atoms with E-state index in [0.29, 0.717) is 21.7 Å². The Labute approximate surface area is 172 Å².